The smallest absolute Gasteiger partial charge is 0.354 e. The summed E-state index contributed by atoms with van der Waals surface area (Å²) in [4.78, 5) is 40.0. The first kappa shape index (κ1) is 22.4. The van der Waals surface area contributed by atoms with E-state index in [4.69, 9.17) is 16.3 Å². The minimum absolute atomic E-state index is 0.198. The number of nitrogens with zero attached hydrogens (tertiary/aromatic N) is 2. The van der Waals surface area contributed by atoms with Crippen LogP contribution in [0.2, 0.25) is 5.02 Å². The molecule has 0 aliphatic rings. The maximum Gasteiger partial charge on any atom is 0.354 e. The van der Waals surface area contributed by atoms with Gasteiger partial charge < -0.3 is 14.2 Å². The maximum atomic E-state index is 13.4. The fraction of sp³-hybridized carbons (Fsp3) is 0.318. The van der Waals surface area contributed by atoms with Gasteiger partial charge in [-0.15, -0.1) is 6.58 Å². The number of rotatable bonds is 7. The van der Waals surface area contributed by atoms with E-state index in [2.05, 4.69) is 6.58 Å². The molecule has 1 aromatic heterocycles. The molecule has 0 saturated carbocycles. The van der Waals surface area contributed by atoms with Crippen molar-refractivity contribution in [3.05, 3.63) is 70.0 Å². The fourth-order valence-electron chi connectivity index (χ4n) is 3.39. The molecule has 0 radical (unpaired) electrons. The summed E-state index contributed by atoms with van der Waals surface area (Å²) in [7, 11) is 3.00. The largest absolute Gasteiger partial charge is 0.464 e. The molecule has 1 atom stereocenters. The lowest BCUT2D eigenvalue weighted by molar-refractivity contribution is 0.0588. The Hall–Kier alpha value is -2.86. The van der Waals surface area contributed by atoms with E-state index in [1.807, 2.05) is 0 Å². The number of carbonyl (C=O) groups excluding carboxylic acids is 3. The van der Waals surface area contributed by atoms with E-state index >= 15 is 0 Å². The van der Waals surface area contributed by atoms with Crippen molar-refractivity contribution in [3.63, 3.8) is 0 Å². The Kier molecular flexibility index (Phi) is 7.03. The summed E-state index contributed by atoms with van der Waals surface area (Å²) in [5.41, 5.74) is 2.33. The second-order valence-electron chi connectivity index (χ2n) is 6.78. The van der Waals surface area contributed by atoms with Gasteiger partial charge in [-0.3, -0.25) is 9.59 Å². The van der Waals surface area contributed by atoms with Gasteiger partial charge in [-0.2, -0.15) is 0 Å². The van der Waals surface area contributed by atoms with E-state index in [1.54, 1.807) is 62.7 Å². The molecule has 0 fully saturated rings. The SMILES string of the molecule is C=CCN(C(=O)c1ccc(Cl)cc1)[C@H](C)C(=O)c1c(C)c(C(=O)OC)n(C)c1C. The number of ketones is 1. The number of methoxy groups -OCH3 is 1. The Balaban J connectivity index is 2.45. The lowest BCUT2D eigenvalue weighted by Gasteiger charge is -2.27. The Morgan fingerprint density at radius 2 is 1.83 bits per heavy atom. The molecule has 6 nitrogen and oxygen atoms in total. The monoisotopic (exact) mass is 416 g/mol. The summed E-state index contributed by atoms with van der Waals surface area (Å²) in [5, 5.41) is 0.520. The molecule has 0 saturated heterocycles. The van der Waals surface area contributed by atoms with Crippen LogP contribution < -0.4 is 0 Å². The van der Waals surface area contributed by atoms with Crippen LogP contribution in [0.25, 0.3) is 0 Å². The van der Waals surface area contributed by atoms with Crippen LogP contribution >= 0.6 is 11.6 Å². The van der Waals surface area contributed by atoms with Gasteiger partial charge in [-0.1, -0.05) is 17.7 Å². The zero-order valence-electron chi connectivity index (χ0n) is 17.3. The molecule has 7 heteroatoms. The van der Waals surface area contributed by atoms with Crippen molar-refractivity contribution in [1.29, 1.82) is 0 Å². The highest BCUT2D eigenvalue weighted by Crippen LogP contribution is 2.25. The maximum absolute atomic E-state index is 13.4. The standard InChI is InChI=1S/C22H25ClN2O4/c1-7-12-25(21(27)16-8-10-17(23)11-9-16)15(4)20(26)18-13(2)19(22(28)29-6)24(5)14(18)3/h7-11,15H,1,12H2,2-6H3/t15-/m1/s1. The number of halogens is 1. The van der Waals surface area contributed by atoms with Gasteiger partial charge in [0.2, 0.25) is 0 Å². The normalized spacial score (nSPS) is 11.7. The Morgan fingerprint density at radius 1 is 1.24 bits per heavy atom. The molecule has 0 aliphatic heterocycles. The minimum Gasteiger partial charge on any atom is -0.464 e. The van der Waals surface area contributed by atoms with Gasteiger partial charge in [-0.25, -0.2) is 4.79 Å². The molecule has 0 N–H and O–H groups in total. The Labute approximate surface area is 175 Å². The Morgan fingerprint density at radius 3 is 2.34 bits per heavy atom. The predicted molar refractivity (Wildman–Crippen MR) is 113 cm³/mol. The summed E-state index contributed by atoms with van der Waals surface area (Å²) >= 11 is 5.90. The van der Waals surface area contributed by atoms with Gasteiger partial charge >= 0.3 is 5.97 Å². The number of Topliss-reactive ketones (excluding diaryl/α,β-unsaturated/α-hetero) is 1. The van der Waals surface area contributed by atoms with Crippen molar-refractivity contribution in [3.8, 4) is 0 Å². The highest BCUT2D eigenvalue weighted by atomic mass is 35.5. The first-order valence-corrected chi connectivity index (χ1v) is 9.49. The zero-order valence-corrected chi connectivity index (χ0v) is 18.0. The van der Waals surface area contributed by atoms with Crippen molar-refractivity contribution >= 4 is 29.3 Å². The molecule has 0 bridgehead atoms. The molecule has 0 spiro atoms. The van der Waals surface area contributed by atoms with Gasteiger partial charge in [0.05, 0.1) is 13.2 Å². The average molecular weight is 417 g/mol. The lowest BCUT2D eigenvalue weighted by Crippen LogP contribution is -2.43. The summed E-state index contributed by atoms with van der Waals surface area (Å²) in [6.07, 6.45) is 1.57. The third kappa shape index (κ3) is 4.27. The van der Waals surface area contributed by atoms with Gasteiger partial charge in [0.1, 0.15) is 5.69 Å². The summed E-state index contributed by atoms with van der Waals surface area (Å²) in [6, 6.07) is 5.73. The predicted octanol–water partition coefficient (Wildman–Crippen LogP) is 3.98. The minimum atomic E-state index is -0.763. The lowest BCUT2D eigenvalue weighted by atomic mass is 9.99. The molecule has 154 valence electrons. The van der Waals surface area contributed by atoms with Gasteiger partial charge in [0.15, 0.2) is 5.78 Å². The van der Waals surface area contributed by atoms with E-state index < -0.39 is 12.0 Å². The fourth-order valence-corrected chi connectivity index (χ4v) is 3.52. The average Bonchev–Trinajstić information content (AvgIpc) is 2.93. The van der Waals surface area contributed by atoms with Gasteiger partial charge in [0, 0.05) is 35.4 Å². The summed E-state index contributed by atoms with van der Waals surface area (Å²) < 4.78 is 6.48. The molecular formula is C22H25ClN2O4. The summed E-state index contributed by atoms with van der Waals surface area (Å²) in [5.74, 6) is -1.07. The number of hydrogen-bond donors (Lipinski definition) is 0. The van der Waals surface area contributed by atoms with Crippen LogP contribution in [0, 0.1) is 13.8 Å². The molecule has 1 heterocycles. The van der Waals surface area contributed by atoms with E-state index in [0.29, 0.717) is 33.1 Å². The summed E-state index contributed by atoms with van der Waals surface area (Å²) in [6.45, 7) is 9.04. The van der Waals surface area contributed by atoms with Crippen molar-refractivity contribution in [1.82, 2.24) is 9.47 Å². The van der Waals surface area contributed by atoms with Crippen molar-refractivity contribution in [2.75, 3.05) is 13.7 Å². The van der Waals surface area contributed by atoms with Crippen LogP contribution in [0.5, 0.6) is 0 Å². The zero-order chi connectivity index (χ0) is 21.9. The third-order valence-electron chi connectivity index (χ3n) is 5.08. The second kappa shape index (κ2) is 9.09. The molecule has 2 aromatic rings. The highest BCUT2D eigenvalue weighted by molar-refractivity contribution is 6.30. The molecule has 1 aromatic carbocycles. The van der Waals surface area contributed by atoms with E-state index in [0.717, 1.165) is 0 Å². The topological polar surface area (TPSA) is 68.6 Å². The van der Waals surface area contributed by atoms with Crippen LogP contribution in [0.15, 0.2) is 36.9 Å². The van der Waals surface area contributed by atoms with Gasteiger partial charge in [0.25, 0.3) is 5.91 Å². The van der Waals surface area contributed by atoms with Crippen molar-refractivity contribution in [2.45, 2.75) is 26.8 Å². The molecule has 0 aliphatic carbocycles. The first-order chi connectivity index (χ1) is 13.6. The van der Waals surface area contributed by atoms with Crippen molar-refractivity contribution in [2.24, 2.45) is 7.05 Å². The van der Waals surface area contributed by atoms with Crippen LogP contribution in [0.4, 0.5) is 0 Å². The number of esters is 1. The first-order valence-electron chi connectivity index (χ1n) is 9.11. The Bertz CT molecular complexity index is 960. The number of amides is 1. The molecule has 2 rings (SSSR count). The van der Waals surface area contributed by atoms with Crippen molar-refractivity contribution < 1.29 is 19.1 Å². The van der Waals surface area contributed by atoms with Crippen LogP contribution in [-0.2, 0) is 11.8 Å². The number of ether oxygens (including phenoxy) is 1. The molecule has 29 heavy (non-hydrogen) atoms. The molecular weight excluding hydrogens is 392 g/mol. The van der Waals surface area contributed by atoms with E-state index in [-0.39, 0.29) is 18.2 Å². The van der Waals surface area contributed by atoms with Crippen LogP contribution in [-0.4, -0.2) is 46.8 Å². The van der Waals surface area contributed by atoms with E-state index in [9.17, 15) is 14.4 Å². The number of carbonyl (C=O) groups is 3. The number of benzene rings is 1. The highest BCUT2D eigenvalue weighted by Gasteiger charge is 2.32. The van der Waals surface area contributed by atoms with Crippen LogP contribution in [0.3, 0.4) is 0 Å². The quantitative estimate of drug-likeness (QED) is 0.389. The van der Waals surface area contributed by atoms with E-state index in [1.165, 1.54) is 12.0 Å². The number of hydrogen-bond acceptors (Lipinski definition) is 4. The molecule has 0 unspecified atom stereocenters. The van der Waals surface area contributed by atoms with Gasteiger partial charge in [-0.05, 0) is 50.6 Å². The molecule has 1 amide bonds. The second-order valence-corrected chi connectivity index (χ2v) is 7.21. The third-order valence-corrected chi connectivity index (χ3v) is 5.33. The van der Waals surface area contributed by atoms with Crippen LogP contribution in [0.1, 0.15) is 49.4 Å². The number of aromatic nitrogens is 1.